The molecule has 5 nitrogen and oxygen atoms in total. The topological polar surface area (TPSA) is 70.6 Å². The van der Waals surface area contributed by atoms with Crippen LogP contribution in [-0.4, -0.2) is 24.6 Å². The van der Waals surface area contributed by atoms with E-state index in [9.17, 15) is 14.0 Å². The van der Waals surface area contributed by atoms with Crippen LogP contribution in [0, 0.1) is 5.82 Å². The first-order chi connectivity index (χ1) is 11.0. The molecule has 2 aromatic carbocycles. The summed E-state index contributed by atoms with van der Waals surface area (Å²) in [4.78, 5) is 23.4. The molecule has 7 heteroatoms. The lowest BCUT2D eigenvalue weighted by atomic mass is 10.2. The molecular formula is C16H13BrFN3O2. The highest BCUT2D eigenvalue weighted by atomic mass is 79.9. The van der Waals surface area contributed by atoms with E-state index < -0.39 is 5.91 Å². The van der Waals surface area contributed by atoms with Crippen molar-refractivity contribution in [2.75, 3.05) is 6.54 Å². The number of hydrazone groups is 1. The summed E-state index contributed by atoms with van der Waals surface area (Å²) in [5, 5.41) is 6.18. The molecule has 0 heterocycles. The maximum absolute atomic E-state index is 13.0. The van der Waals surface area contributed by atoms with Gasteiger partial charge in [0.05, 0.1) is 12.8 Å². The van der Waals surface area contributed by atoms with Gasteiger partial charge in [-0.25, -0.2) is 9.82 Å². The molecule has 0 aliphatic carbocycles. The SMILES string of the molecule is O=C(CNC(=O)c1cccc(Br)c1)N/N=C\c1cccc(F)c1. The average molecular weight is 378 g/mol. The highest BCUT2D eigenvalue weighted by Crippen LogP contribution is 2.11. The van der Waals surface area contributed by atoms with E-state index in [0.29, 0.717) is 11.1 Å². The lowest BCUT2D eigenvalue weighted by molar-refractivity contribution is -0.120. The summed E-state index contributed by atoms with van der Waals surface area (Å²) in [6, 6.07) is 12.6. The Kier molecular flexibility index (Phi) is 5.99. The van der Waals surface area contributed by atoms with Crippen molar-refractivity contribution in [1.82, 2.24) is 10.7 Å². The minimum atomic E-state index is -0.485. The van der Waals surface area contributed by atoms with Crippen LogP contribution in [0.2, 0.25) is 0 Å². The van der Waals surface area contributed by atoms with E-state index in [1.54, 1.807) is 30.3 Å². The van der Waals surface area contributed by atoms with Gasteiger partial charge in [0.25, 0.3) is 11.8 Å². The molecule has 23 heavy (non-hydrogen) atoms. The fourth-order valence-corrected chi connectivity index (χ4v) is 2.10. The molecular weight excluding hydrogens is 365 g/mol. The summed E-state index contributed by atoms with van der Waals surface area (Å²) < 4.78 is 13.7. The number of nitrogens with one attached hydrogen (secondary N) is 2. The number of benzene rings is 2. The van der Waals surface area contributed by atoms with Gasteiger partial charge >= 0.3 is 0 Å². The Morgan fingerprint density at radius 1 is 1.17 bits per heavy atom. The van der Waals surface area contributed by atoms with Crippen molar-refractivity contribution in [3.8, 4) is 0 Å². The largest absolute Gasteiger partial charge is 0.343 e. The number of carbonyl (C=O) groups excluding carboxylic acids is 2. The minimum Gasteiger partial charge on any atom is -0.343 e. The second-order valence-electron chi connectivity index (χ2n) is 4.54. The minimum absolute atomic E-state index is 0.216. The van der Waals surface area contributed by atoms with Crippen LogP contribution in [0.4, 0.5) is 4.39 Å². The van der Waals surface area contributed by atoms with Gasteiger partial charge < -0.3 is 5.32 Å². The maximum atomic E-state index is 13.0. The molecule has 0 spiro atoms. The van der Waals surface area contributed by atoms with Gasteiger partial charge in [0, 0.05) is 10.0 Å². The first-order valence-corrected chi connectivity index (χ1v) is 7.45. The predicted molar refractivity (Wildman–Crippen MR) is 88.6 cm³/mol. The van der Waals surface area contributed by atoms with E-state index in [-0.39, 0.29) is 18.3 Å². The van der Waals surface area contributed by atoms with Crippen LogP contribution in [0.1, 0.15) is 15.9 Å². The van der Waals surface area contributed by atoms with Crippen LogP contribution in [0.3, 0.4) is 0 Å². The molecule has 2 aromatic rings. The summed E-state index contributed by atoms with van der Waals surface area (Å²) in [5.41, 5.74) is 3.21. The van der Waals surface area contributed by atoms with Gasteiger partial charge in [0.15, 0.2) is 0 Å². The molecule has 0 fully saturated rings. The third-order valence-corrected chi connectivity index (χ3v) is 3.24. The van der Waals surface area contributed by atoms with E-state index in [2.05, 4.69) is 31.8 Å². The monoisotopic (exact) mass is 377 g/mol. The highest BCUT2D eigenvalue weighted by molar-refractivity contribution is 9.10. The normalized spacial score (nSPS) is 10.5. The van der Waals surface area contributed by atoms with Gasteiger partial charge in [-0.2, -0.15) is 5.10 Å². The summed E-state index contributed by atoms with van der Waals surface area (Å²) in [6.45, 7) is -0.216. The molecule has 0 aromatic heterocycles. The zero-order chi connectivity index (χ0) is 16.7. The van der Waals surface area contributed by atoms with Crippen molar-refractivity contribution in [3.05, 3.63) is 69.9 Å². The fraction of sp³-hybridized carbons (Fsp3) is 0.0625. The number of halogens is 2. The quantitative estimate of drug-likeness (QED) is 0.620. The Morgan fingerprint density at radius 3 is 2.70 bits per heavy atom. The average Bonchev–Trinajstić information content (AvgIpc) is 2.52. The highest BCUT2D eigenvalue weighted by Gasteiger charge is 2.07. The molecule has 0 saturated carbocycles. The molecule has 2 N–H and O–H groups in total. The van der Waals surface area contributed by atoms with Crippen LogP contribution >= 0.6 is 15.9 Å². The summed E-state index contributed by atoms with van der Waals surface area (Å²) in [7, 11) is 0. The Hall–Kier alpha value is -2.54. The van der Waals surface area contributed by atoms with Crippen molar-refractivity contribution in [3.63, 3.8) is 0 Å². The molecule has 118 valence electrons. The van der Waals surface area contributed by atoms with Crippen LogP contribution in [0.15, 0.2) is 58.1 Å². The van der Waals surface area contributed by atoms with Crippen molar-refractivity contribution in [2.45, 2.75) is 0 Å². The van der Waals surface area contributed by atoms with Crippen LogP contribution in [0.5, 0.6) is 0 Å². The van der Waals surface area contributed by atoms with Crippen LogP contribution in [0.25, 0.3) is 0 Å². The molecule has 0 bridgehead atoms. The molecule has 2 rings (SSSR count). The number of rotatable bonds is 5. The molecule has 0 unspecified atom stereocenters. The first-order valence-electron chi connectivity index (χ1n) is 6.66. The maximum Gasteiger partial charge on any atom is 0.259 e. The third-order valence-electron chi connectivity index (χ3n) is 2.75. The number of amides is 2. The van der Waals surface area contributed by atoms with Gasteiger partial charge in [0.2, 0.25) is 0 Å². The molecule has 0 aliphatic heterocycles. The second kappa shape index (κ2) is 8.19. The van der Waals surface area contributed by atoms with Gasteiger partial charge in [0.1, 0.15) is 5.82 Å². The summed E-state index contributed by atoms with van der Waals surface area (Å²) in [5.74, 6) is -1.24. The number of carbonyl (C=O) groups is 2. The Morgan fingerprint density at radius 2 is 1.96 bits per heavy atom. The number of hydrogen-bond donors (Lipinski definition) is 2. The first kappa shape index (κ1) is 16.8. The Bertz CT molecular complexity index is 750. The van der Waals surface area contributed by atoms with Gasteiger partial charge in [-0.1, -0.05) is 34.1 Å². The lowest BCUT2D eigenvalue weighted by Gasteiger charge is -2.04. The summed E-state index contributed by atoms with van der Waals surface area (Å²) in [6.07, 6.45) is 1.32. The van der Waals surface area contributed by atoms with Crippen LogP contribution in [-0.2, 0) is 4.79 Å². The molecule has 0 saturated heterocycles. The standard InChI is InChI=1S/C16H13BrFN3O2/c17-13-5-2-4-12(8-13)16(23)19-10-15(22)21-20-9-11-3-1-6-14(18)7-11/h1-9H,10H2,(H,19,23)(H,21,22)/b20-9-. The molecule has 0 atom stereocenters. The van der Waals surface area contributed by atoms with Crippen molar-refractivity contribution in [1.29, 1.82) is 0 Å². The zero-order valence-electron chi connectivity index (χ0n) is 11.9. The van der Waals surface area contributed by atoms with E-state index >= 15 is 0 Å². The van der Waals surface area contributed by atoms with Crippen molar-refractivity contribution in [2.24, 2.45) is 5.10 Å². The summed E-state index contributed by atoms with van der Waals surface area (Å²) >= 11 is 3.27. The van der Waals surface area contributed by atoms with Crippen molar-refractivity contribution < 1.29 is 14.0 Å². The number of nitrogens with zero attached hydrogens (tertiary/aromatic N) is 1. The van der Waals surface area contributed by atoms with Gasteiger partial charge in [-0.15, -0.1) is 0 Å². The molecule has 0 aliphatic rings. The lowest BCUT2D eigenvalue weighted by Crippen LogP contribution is -2.34. The Labute approximate surface area is 140 Å². The van der Waals surface area contributed by atoms with E-state index in [0.717, 1.165) is 4.47 Å². The fourth-order valence-electron chi connectivity index (χ4n) is 1.70. The Balaban J connectivity index is 1.80. The smallest absolute Gasteiger partial charge is 0.259 e. The van der Waals surface area contributed by atoms with E-state index in [1.807, 2.05) is 0 Å². The van der Waals surface area contributed by atoms with E-state index in [4.69, 9.17) is 0 Å². The number of hydrogen-bond acceptors (Lipinski definition) is 3. The van der Waals surface area contributed by atoms with Gasteiger partial charge in [-0.05, 0) is 35.9 Å². The zero-order valence-corrected chi connectivity index (χ0v) is 13.5. The van der Waals surface area contributed by atoms with Crippen molar-refractivity contribution >= 4 is 34.0 Å². The van der Waals surface area contributed by atoms with E-state index in [1.165, 1.54) is 24.4 Å². The third kappa shape index (κ3) is 5.63. The predicted octanol–water partition coefficient (Wildman–Crippen LogP) is 2.47. The van der Waals surface area contributed by atoms with Crippen LogP contribution < -0.4 is 10.7 Å². The molecule has 2 amide bonds. The molecule has 0 radical (unpaired) electrons. The van der Waals surface area contributed by atoms with Gasteiger partial charge in [-0.3, -0.25) is 9.59 Å². The second-order valence-corrected chi connectivity index (χ2v) is 5.46.